The van der Waals surface area contributed by atoms with Crippen LogP contribution in [0, 0.1) is 18.7 Å². The fraction of sp³-hybridized carbons (Fsp3) is 0.400. The lowest BCUT2D eigenvalue weighted by Crippen LogP contribution is -2.43. The average Bonchev–Trinajstić information content (AvgIpc) is 3.58. The zero-order valence-electron chi connectivity index (χ0n) is 19.5. The van der Waals surface area contributed by atoms with Gasteiger partial charge in [-0.1, -0.05) is 11.2 Å². The molecule has 0 aliphatic carbocycles. The number of aryl methyl sites for hydroxylation is 1. The normalized spacial score (nSPS) is 17.7. The van der Waals surface area contributed by atoms with E-state index in [0.29, 0.717) is 42.6 Å². The molecule has 184 valence electrons. The molecule has 0 atom stereocenters. The van der Waals surface area contributed by atoms with Gasteiger partial charge in [-0.3, -0.25) is 4.79 Å². The number of nitrogens with zero attached hydrogens (tertiary/aromatic N) is 4. The molecule has 0 bridgehead atoms. The van der Waals surface area contributed by atoms with Gasteiger partial charge in [-0.05, 0) is 74.6 Å². The van der Waals surface area contributed by atoms with Crippen LogP contribution in [-0.4, -0.2) is 59.8 Å². The Balaban J connectivity index is 1.26. The van der Waals surface area contributed by atoms with E-state index in [0.717, 1.165) is 25.9 Å². The van der Waals surface area contributed by atoms with Gasteiger partial charge in [-0.15, -0.1) is 0 Å². The highest BCUT2D eigenvalue weighted by Crippen LogP contribution is 2.28. The Hall–Kier alpha value is -3.11. The van der Waals surface area contributed by atoms with E-state index < -0.39 is 10.0 Å². The summed E-state index contributed by atoms with van der Waals surface area (Å²) in [5.74, 6) is 0.169. The Morgan fingerprint density at radius 2 is 1.66 bits per heavy atom. The van der Waals surface area contributed by atoms with Crippen molar-refractivity contribution in [1.29, 1.82) is 0 Å². The molecule has 0 radical (unpaired) electrons. The zero-order valence-corrected chi connectivity index (χ0v) is 20.3. The lowest BCUT2D eigenvalue weighted by Gasteiger charge is -2.32. The third kappa shape index (κ3) is 4.72. The first-order valence-electron chi connectivity index (χ1n) is 11.8. The SMILES string of the molecule is Cc1ccc(-c2nc(-c3ccc(S(=O)(=O)N4CCC(C(=O)N5CCCC5)CC4)cc3)no2)cc1F. The minimum Gasteiger partial charge on any atom is -0.342 e. The Morgan fingerprint density at radius 3 is 2.31 bits per heavy atom. The van der Waals surface area contributed by atoms with E-state index in [4.69, 9.17) is 4.52 Å². The van der Waals surface area contributed by atoms with Crippen LogP contribution in [0.4, 0.5) is 4.39 Å². The van der Waals surface area contributed by atoms with Crippen molar-refractivity contribution < 1.29 is 22.1 Å². The Labute approximate surface area is 203 Å². The number of piperidine rings is 1. The fourth-order valence-corrected chi connectivity index (χ4v) is 6.12. The summed E-state index contributed by atoms with van der Waals surface area (Å²) in [5.41, 5.74) is 1.58. The predicted octanol–water partition coefficient (Wildman–Crippen LogP) is 3.87. The molecule has 0 saturated carbocycles. The van der Waals surface area contributed by atoms with Crippen LogP contribution in [0.5, 0.6) is 0 Å². The molecule has 0 spiro atoms. The highest BCUT2D eigenvalue weighted by Gasteiger charge is 2.34. The highest BCUT2D eigenvalue weighted by atomic mass is 32.2. The number of hydrogen-bond donors (Lipinski definition) is 0. The quantitative estimate of drug-likeness (QED) is 0.530. The first-order chi connectivity index (χ1) is 16.8. The summed E-state index contributed by atoms with van der Waals surface area (Å²) in [5, 5.41) is 3.95. The van der Waals surface area contributed by atoms with Gasteiger partial charge in [0.05, 0.1) is 4.90 Å². The lowest BCUT2D eigenvalue weighted by atomic mass is 9.97. The van der Waals surface area contributed by atoms with Crippen molar-refractivity contribution in [2.24, 2.45) is 5.92 Å². The van der Waals surface area contributed by atoms with Crippen molar-refractivity contribution >= 4 is 15.9 Å². The molecular weight excluding hydrogens is 471 g/mol. The number of rotatable bonds is 5. The van der Waals surface area contributed by atoms with Crippen molar-refractivity contribution in [3.8, 4) is 22.8 Å². The number of likely N-dealkylation sites (tertiary alicyclic amines) is 1. The maximum atomic E-state index is 13.9. The number of carbonyl (C=O) groups excluding carboxylic acids is 1. The molecule has 35 heavy (non-hydrogen) atoms. The summed E-state index contributed by atoms with van der Waals surface area (Å²) < 4.78 is 46.9. The third-order valence-corrected chi connectivity index (χ3v) is 8.73. The summed E-state index contributed by atoms with van der Waals surface area (Å²) in [6, 6.07) is 11.0. The van der Waals surface area contributed by atoms with Gasteiger partial charge in [-0.2, -0.15) is 9.29 Å². The number of carbonyl (C=O) groups is 1. The molecule has 1 amide bonds. The van der Waals surface area contributed by atoms with Crippen LogP contribution in [0.1, 0.15) is 31.2 Å². The van der Waals surface area contributed by atoms with Crippen LogP contribution in [0.2, 0.25) is 0 Å². The minimum absolute atomic E-state index is 0.101. The highest BCUT2D eigenvalue weighted by molar-refractivity contribution is 7.89. The van der Waals surface area contributed by atoms with Crippen LogP contribution >= 0.6 is 0 Å². The summed E-state index contributed by atoms with van der Waals surface area (Å²) in [6.07, 6.45) is 3.17. The summed E-state index contributed by atoms with van der Waals surface area (Å²) in [6.45, 7) is 3.95. The van der Waals surface area contributed by atoms with Gasteiger partial charge in [-0.25, -0.2) is 12.8 Å². The third-order valence-electron chi connectivity index (χ3n) is 6.82. The largest absolute Gasteiger partial charge is 0.342 e. The number of halogens is 1. The molecule has 0 N–H and O–H groups in total. The van der Waals surface area contributed by atoms with E-state index in [-0.39, 0.29) is 34.3 Å². The number of amides is 1. The molecule has 2 aromatic carbocycles. The topological polar surface area (TPSA) is 96.6 Å². The van der Waals surface area contributed by atoms with Gasteiger partial charge in [0.25, 0.3) is 5.89 Å². The molecule has 0 unspecified atom stereocenters. The number of hydrogen-bond acceptors (Lipinski definition) is 6. The van der Waals surface area contributed by atoms with Gasteiger partial charge in [0.2, 0.25) is 21.8 Å². The second-order valence-electron chi connectivity index (χ2n) is 9.12. The van der Waals surface area contributed by atoms with Crippen molar-refractivity contribution in [2.45, 2.75) is 37.5 Å². The van der Waals surface area contributed by atoms with Gasteiger partial charge in [0.1, 0.15) is 5.82 Å². The molecule has 3 aromatic rings. The Bertz CT molecular complexity index is 1330. The standard InChI is InChI=1S/C25H27FN4O4S/c1-17-4-5-20(16-22(17)26)24-27-23(28-34-24)18-6-8-21(9-7-18)35(32,33)30-14-10-19(11-15-30)25(31)29-12-2-3-13-29/h4-9,16,19H,2-3,10-15H2,1H3. The van der Waals surface area contributed by atoms with Crippen molar-refractivity contribution in [3.05, 3.63) is 53.8 Å². The van der Waals surface area contributed by atoms with Crippen LogP contribution in [0.15, 0.2) is 51.9 Å². The first kappa shape index (κ1) is 23.6. The molecule has 2 aliphatic rings. The van der Waals surface area contributed by atoms with E-state index >= 15 is 0 Å². The Morgan fingerprint density at radius 1 is 1.00 bits per heavy atom. The second kappa shape index (κ2) is 9.50. The van der Waals surface area contributed by atoms with E-state index in [1.165, 1.54) is 22.5 Å². The molecule has 2 aliphatic heterocycles. The lowest BCUT2D eigenvalue weighted by molar-refractivity contribution is -0.135. The van der Waals surface area contributed by atoms with Crippen LogP contribution < -0.4 is 0 Å². The smallest absolute Gasteiger partial charge is 0.258 e. The predicted molar refractivity (Wildman–Crippen MR) is 127 cm³/mol. The van der Waals surface area contributed by atoms with Crippen molar-refractivity contribution in [3.63, 3.8) is 0 Å². The Kier molecular flexibility index (Phi) is 6.41. The minimum atomic E-state index is -3.67. The fourth-order valence-electron chi connectivity index (χ4n) is 4.65. The van der Waals surface area contributed by atoms with E-state index in [1.54, 1.807) is 31.2 Å². The van der Waals surface area contributed by atoms with Crippen LogP contribution in [0.3, 0.4) is 0 Å². The molecule has 5 rings (SSSR count). The molecule has 3 heterocycles. The molecule has 10 heteroatoms. The number of sulfonamides is 1. The molecular formula is C25H27FN4O4S. The maximum Gasteiger partial charge on any atom is 0.258 e. The zero-order chi connectivity index (χ0) is 24.6. The first-order valence-corrected chi connectivity index (χ1v) is 13.3. The van der Waals surface area contributed by atoms with Gasteiger partial charge in [0, 0.05) is 43.2 Å². The number of aromatic nitrogens is 2. The average molecular weight is 499 g/mol. The molecule has 1 aromatic heterocycles. The summed E-state index contributed by atoms with van der Waals surface area (Å²) in [7, 11) is -3.67. The van der Waals surface area contributed by atoms with Crippen LogP contribution in [-0.2, 0) is 14.8 Å². The van der Waals surface area contributed by atoms with Crippen molar-refractivity contribution in [2.75, 3.05) is 26.2 Å². The van der Waals surface area contributed by atoms with E-state index in [9.17, 15) is 17.6 Å². The van der Waals surface area contributed by atoms with Crippen LogP contribution in [0.25, 0.3) is 22.8 Å². The van der Waals surface area contributed by atoms with Gasteiger partial charge >= 0.3 is 0 Å². The van der Waals surface area contributed by atoms with E-state index in [2.05, 4.69) is 10.1 Å². The maximum absolute atomic E-state index is 13.9. The molecule has 2 fully saturated rings. The molecule has 8 nitrogen and oxygen atoms in total. The molecule has 2 saturated heterocycles. The second-order valence-corrected chi connectivity index (χ2v) is 11.1. The van der Waals surface area contributed by atoms with Gasteiger partial charge in [0.15, 0.2) is 0 Å². The number of benzene rings is 2. The van der Waals surface area contributed by atoms with E-state index in [1.807, 2.05) is 4.90 Å². The summed E-state index contributed by atoms with van der Waals surface area (Å²) >= 11 is 0. The monoisotopic (exact) mass is 498 g/mol. The summed E-state index contributed by atoms with van der Waals surface area (Å²) in [4.78, 5) is 19.0. The van der Waals surface area contributed by atoms with Gasteiger partial charge < -0.3 is 9.42 Å². The van der Waals surface area contributed by atoms with Crippen molar-refractivity contribution in [1.82, 2.24) is 19.3 Å².